The summed E-state index contributed by atoms with van der Waals surface area (Å²) in [6, 6.07) is 8.48. The van der Waals surface area contributed by atoms with Crippen molar-refractivity contribution in [2.24, 2.45) is 14.1 Å². The lowest BCUT2D eigenvalue weighted by atomic mass is 10.1. The van der Waals surface area contributed by atoms with E-state index in [4.69, 9.17) is 0 Å². The Kier molecular flexibility index (Phi) is 3.61. The van der Waals surface area contributed by atoms with Gasteiger partial charge in [-0.15, -0.1) is 0 Å². The Labute approximate surface area is 92.4 Å². The first-order valence-corrected chi connectivity index (χ1v) is 4.67. The van der Waals surface area contributed by atoms with Crippen LogP contribution in [0.4, 0.5) is 0 Å². The second-order valence-corrected chi connectivity index (χ2v) is 3.50. The van der Waals surface area contributed by atoms with Gasteiger partial charge in [-0.2, -0.15) is 0 Å². The summed E-state index contributed by atoms with van der Waals surface area (Å²) < 4.78 is 4.07. The minimum atomic E-state index is 0. The van der Waals surface area contributed by atoms with Crippen LogP contribution in [0.5, 0.6) is 0 Å². The Morgan fingerprint density at radius 1 is 0.667 bits per heavy atom. The van der Waals surface area contributed by atoms with Crippen LogP contribution < -0.4 is 9.13 Å². The molecule has 0 unspecified atom stereocenters. The molecular weight excluding hydrogens is 183 g/mol. The number of pyridine rings is 2. The summed E-state index contributed by atoms with van der Waals surface area (Å²) in [5.74, 6) is 0. The van der Waals surface area contributed by atoms with Gasteiger partial charge in [-0.25, -0.2) is 9.13 Å². The van der Waals surface area contributed by atoms with Crippen molar-refractivity contribution < 1.29 is 9.13 Å². The topological polar surface area (TPSA) is 7.76 Å². The van der Waals surface area contributed by atoms with Crippen molar-refractivity contribution in [2.45, 2.75) is 0 Å². The van der Waals surface area contributed by atoms with E-state index < -0.39 is 0 Å². The predicted molar refractivity (Wildman–Crippen MR) is 65.6 cm³/mol. The fourth-order valence-electron chi connectivity index (χ4n) is 1.39. The van der Waals surface area contributed by atoms with Gasteiger partial charge in [0.2, 0.25) is 0 Å². The second-order valence-electron chi connectivity index (χ2n) is 3.50. The van der Waals surface area contributed by atoms with Gasteiger partial charge in [0, 0.05) is 24.3 Å². The zero-order valence-electron chi connectivity index (χ0n) is 8.51. The van der Waals surface area contributed by atoms with E-state index in [0.717, 1.165) is 0 Å². The molecule has 3 heteroatoms. The maximum Gasteiger partial charge on any atom is 0.169 e. The quantitative estimate of drug-likeness (QED) is 0.436. The molecule has 78 valence electrons. The third kappa shape index (κ3) is 2.66. The molecule has 2 aromatic rings. The predicted octanol–water partition coefficient (Wildman–Crippen LogP) is -0.449. The molecule has 0 atom stereocenters. The average Bonchev–Trinajstić information content (AvgIpc) is 2.21. The molecule has 0 spiro atoms. The first kappa shape index (κ1) is 11.4. The van der Waals surface area contributed by atoms with E-state index in [1.54, 1.807) is 0 Å². The van der Waals surface area contributed by atoms with Crippen molar-refractivity contribution in [1.29, 1.82) is 0 Å². The van der Waals surface area contributed by atoms with E-state index in [0.29, 0.717) is 0 Å². The van der Waals surface area contributed by atoms with Crippen LogP contribution in [0.15, 0.2) is 49.1 Å². The number of aromatic nitrogens is 2. The third-order valence-corrected chi connectivity index (χ3v) is 2.29. The maximum absolute atomic E-state index is 2.12. The van der Waals surface area contributed by atoms with Gasteiger partial charge in [0.15, 0.2) is 24.8 Å². The standard InChI is InChI=1S/C12H14N2.BH4/c1-13-7-3-11(4-8-13)12-5-9-14(2)10-6-12;/h3-10H,1-2H3;1H4/q+2;-1. The first-order valence-electron chi connectivity index (χ1n) is 4.67. The van der Waals surface area contributed by atoms with Crippen molar-refractivity contribution >= 4 is 8.41 Å². The van der Waals surface area contributed by atoms with Crippen LogP contribution >= 0.6 is 0 Å². The largest absolute Gasteiger partial charge is 0.208 e. The molecule has 0 saturated heterocycles. The molecule has 0 amide bonds. The van der Waals surface area contributed by atoms with E-state index in [2.05, 4.69) is 49.1 Å². The lowest BCUT2D eigenvalue weighted by molar-refractivity contribution is -0.671. The van der Waals surface area contributed by atoms with Gasteiger partial charge < -0.3 is 0 Å². The third-order valence-electron chi connectivity index (χ3n) is 2.29. The molecule has 0 aliphatic carbocycles. The maximum atomic E-state index is 2.12. The summed E-state index contributed by atoms with van der Waals surface area (Å²) in [7, 11) is 4.05. The molecule has 0 saturated carbocycles. The number of hydrogen-bond donors (Lipinski definition) is 0. The van der Waals surface area contributed by atoms with Crippen LogP contribution in [0.2, 0.25) is 0 Å². The summed E-state index contributed by atoms with van der Waals surface area (Å²) in [4.78, 5) is 0. The number of rotatable bonds is 1. The highest BCUT2D eigenvalue weighted by molar-refractivity contribution is 5.75. The summed E-state index contributed by atoms with van der Waals surface area (Å²) >= 11 is 0. The van der Waals surface area contributed by atoms with Gasteiger partial charge in [0.05, 0.1) is 0 Å². The lowest BCUT2D eigenvalue weighted by Crippen LogP contribution is -2.26. The molecule has 0 bridgehead atoms. The number of nitrogens with zero attached hydrogens (tertiary/aromatic N) is 2. The van der Waals surface area contributed by atoms with Crippen molar-refractivity contribution in [1.82, 2.24) is 0 Å². The molecule has 0 aliphatic heterocycles. The highest BCUT2D eigenvalue weighted by atomic mass is 14.9. The summed E-state index contributed by atoms with van der Waals surface area (Å²) in [6.45, 7) is 0. The van der Waals surface area contributed by atoms with Gasteiger partial charge >= 0.3 is 0 Å². The molecule has 0 aromatic carbocycles. The Balaban J connectivity index is 0.00000112. The van der Waals surface area contributed by atoms with E-state index in [-0.39, 0.29) is 8.41 Å². The average molecular weight is 201 g/mol. The van der Waals surface area contributed by atoms with Crippen LogP contribution in [0.3, 0.4) is 0 Å². The summed E-state index contributed by atoms with van der Waals surface area (Å²) in [6.07, 6.45) is 8.23. The summed E-state index contributed by atoms with van der Waals surface area (Å²) in [5, 5.41) is 0. The van der Waals surface area contributed by atoms with Crippen LogP contribution in [0.25, 0.3) is 11.1 Å². The zero-order chi connectivity index (χ0) is 9.97. The normalized spacial score (nSPS) is 9.47. The van der Waals surface area contributed by atoms with E-state index in [1.165, 1.54) is 11.1 Å². The van der Waals surface area contributed by atoms with Gasteiger partial charge in [-0.3, -0.25) is 0 Å². The molecular formula is C12H18BN2+. The number of aryl methyl sites for hydroxylation is 2. The minimum Gasteiger partial charge on any atom is -0.208 e. The highest BCUT2D eigenvalue weighted by Gasteiger charge is 2.00. The van der Waals surface area contributed by atoms with Crippen molar-refractivity contribution in [2.75, 3.05) is 0 Å². The van der Waals surface area contributed by atoms with Crippen LogP contribution in [0, 0.1) is 0 Å². The van der Waals surface area contributed by atoms with Crippen molar-refractivity contribution in [3.8, 4) is 11.1 Å². The molecule has 15 heavy (non-hydrogen) atoms. The fourth-order valence-corrected chi connectivity index (χ4v) is 1.39. The molecule has 0 N–H and O–H groups in total. The van der Waals surface area contributed by atoms with Crippen molar-refractivity contribution in [3.63, 3.8) is 0 Å². The molecule has 0 aliphatic rings. The molecule has 0 radical (unpaired) electrons. The van der Waals surface area contributed by atoms with Crippen LogP contribution in [0.1, 0.15) is 0 Å². The van der Waals surface area contributed by atoms with Gasteiger partial charge in [-0.05, 0) is 11.1 Å². The van der Waals surface area contributed by atoms with E-state index >= 15 is 0 Å². The Morgan fingerprint density at radius 2 is 0.933 bits per heavy atom. The van der Waals surface area contributed by atoms with Gasteiger partial charge in [0.25, 0.3) is 0 Å². The number of hydrogen-bond acceptors (Lipinski definition) is 0. The molecule has 2 heterocycles. The highest BCUT2D eigenvalue weighted by Crippen LogP contribution is 2.14. The summed E-state index contributed by atoms with van der Waals surface area (Å²) in [5.41, 5.74) is 2.51. The smallest absolute Gasteiger partial charge is 0.169 e. The SMILES string of the molecule is C[n+]1ccc(-c2cc[n+](C)cc2)cc1.[BH4-]. The van der Waals surface area contributed by atoms with E-state index in [1.807, 2.05) is 23.2 Å². The van der Waals surface area contributed by atoms with Crippen LogP contribution in [-0.2, 0) is 14.1 Å². The Hall–Kier alpha value is -1.64. The monoisotopic (exact) mass is 201 g/mol. The Morgan fingerprint density at radius 3 is 1.20 bits per heavy atom. The molecule has 2 aromatic heterocycles. The second kappa shape index (κ2) is 4.74. The Bertz CT molecular complexity index is 377. The lowest BCUT2D eigenvalue weighted by Gasteiger charge is -1.97. The zero-order valence-corrected chi connectivity index (χ0v) is 8.51. The van der Waals surface area contributed by atoms with Gasteiger partial charge in [-0.1, -0.05) is 8.41 Å². The fraction of sp³-hybridized carbons (Fsp3) is 0.167. The molecule has 2 nitrogen and oxygen atoms in total. The molecule has 0 fully saturated rings. The van der Waals surface area contributed by atoms with Crippen LogP contribution in [-0.4, -0.2) is 8.41 Å². The van der Waals surface area contributed by atoms with Crippen molar-refractivity contribution in [3.05, 3.63) is 49.1 Å². The minimum absolute atomic E-state index is 0. The molecule has 2 rings (SSSR count). The van der Waals surface area contributed by atoms with Gasteiger partial charge in [0.1, 0.15) is 14.1 Å². The first-order chi connectivity index (χ1) is 6.75. The van der Waals surface area contributed by atoms with E-state index in [9.17, 15) is 0 Å².